The third-order valence-electron chi connectivity index (χ3n) is 10.5. The molecule has 0 N–H and O–H groups in total. The molecule has 0 heteroatoms. The molecule has 0 aromatic rings. The van der Waals surface area contributed by atoms with Crippen molar-refractivity contribution >= 4 is 0 Å². The zero-order valence-electron chi connectivity index (χ0n) is 19.6. The second kappa shape index (κ2) is 7.63. The van der Waals surface area contributed by atoms with Crippen LogP contribution < -0.4 is 0 Å². The van der Waals surface area contributed by atoms with Crippen LogP contribution >= 0.6 is 0 Å². The molecule has 0 unspecified atom stereocenters. The van der Waals surface area contributed by atoms with Crippen molar-refractivity contribution in [2.24, 2.45) is 52.3 Å². The van der Waals surface area contributed by atoms with E-state index in [1.807, 2.05) is 5.57 Å². The van der Waals surface area contributed by atoms with Gasteiger partial charge in [0.05, 0.1) is 0 Å². The molecule has 0 bridgehead atoms. The van der Waals surface area contributed by atoms with Gasteiger partial charge >= 0.3 is 0 Å². The third kappa shape index (κ3) is 3.26. The molecule has 3 fully saturated rings. The Labute approximate surface area is 175 Å². The second-order valence-corrected chi connectivity index (χ2v) is 12.0. The largest absolute Gasteiger partial charge is 0.0852 e. The predicted octanol–water partition coefficient (Wildman–Crippen LogP) is 8.44. The highest BCUT2D eigenvalue weighted by molar-refractivity contribution is 5.24. The summed E-state index contributed by atoms with van der Waals surface area (Å²) in [6, 6.07) is 0. The average Bonchev–Trinajstić information content (AvgIpc) is 3.02. The minimum absolute atomic E-state index is 0.554. The van der Waals surface area contributed by atoms with Gasteiger partial charge in [-0.25, -0.2) is 0 Å². The number of allylic oxidation sites excluding steroid dienone is 4. The molecule has 8 atom stereocenters. The van der Waals surface area contributed by atoms with E-state index in [1.54, 1.807) is 0 Å². The summed E-state index contributed by atoms with van der Waals surface area (Å²) in [5.41, 5.74) is 3.00. The molecule has 28 heavy (non-hydrogen) atoms. The average molecular weight is 383 g/mol. The maximum atomic E-state index is 2.73. The molecule has 0 amide bonds. The molecule has 0 aromatic heterocycles. The predicted molar refractivity (Wildman–Crippen MR) is 122 cm³/mol. The number of hydrogen-bond acceptors (Lipinski definition) is 0. The van der Waals surface area contributed by atoms with Gasteiger partial charge in [0.2, 0.25) is 0 Å². The minimum atomic E-state index is 0.554. The van der Waals surface area contributed by atoms with Crippen molar-refractivity contribution in [3.63, 3.8) is 0 Å². The minimum Gasteiger partial charge on any atom is -0.0852 e. The monoisotopic (exact) mass is 382 g/mol. The lowest BCUT2D eigenvalue weighted by Gasteiger charge is -2.58. The highest BCUT2D eigenvalue weighted by Crippen LogP contribution is 2.67. The van der Waals surface area contributed by atoms with E-state index >= 15 is 0 Å². The molecule has 4 rings (SSSR count). The van der Waals surface area contributed by atoms with E-state index in [9.17, 15) is 0 Å². The molecule has 0 saturated heterocycles. The van der Waals surface area contributed by atoms with Crippen LogP contribution in [0.4, 0.5) is 0 Å². The first-order valence-electron chi connectivity index (χ1n) is 12.6. The Morgan fingerprint density at radius 3 is 2.46 bits per heavy atom. The van der Waals surface area contributed by atoms with Crippen molar-refractivity contribution in [1.82, 2.24) is 0 Å². The SMILES string of the molecule is CC(C)[C@@H](C)C=C[C@@H](C)[C@H]1CC[C@H]2[C@@H]3CC=C4CCCC[C@]4(C)[C@H]3CC[C@]12C. The van der Waals surface area contributed by atoms with Gasteiger partial charge in [0.1, 0.15) is 0 Å². The summed E-state index contributed by atoms with van der Waals surface area (Å²) in [7, 11) is 0. The smallest absolute Gasteiger partial charge is 0.00853 e. The van der Waals surface area contributed by atoms with Gasteiger partial charge in [-0.3, -0.25) is 0 Å². The molecule has 0 nitrogen and oxygen atoms in total. The summed E-state index contributed by atoms with van der Waals surface area (Å²) in [5, 5.41) is 0. The van der Waals surface area contributed by atoms with Crippen LogP contribution in [0, 0.1) is 52.3 Å². The number of fused-ring (bicyclic) bond motifs is 5. The Hall–Kier alpha value is -0.520. The van der Waals surface area contributed by atoms with Crippen molar-refractivity contribution in [2.75, 3.05) is 0 Å². The molecule has 3 saturated carbocycles. The van der Waals surface area contributed by atoms with E-state index < -0.39 is 0 Å². The van der Waals surface area contributed by atoms with Gasteiger partial charge in [-0.15, -0.1) is 0 Å². The second-order valence-electron chi connectivity index (χ2n) is 12.0. The van der Waals surface area contributed by atoms with Crippen molar-refractivity contribution < 1.29 is 0 Å². The Morgan fingerprint density at radius 1 is 0.929 bits per heavy atom. The van der Waals surface area contributed by atoms with Crippen molar-refractivity contribution in [1.29, 1.82) is 0 Å². The van der Waals surface area contributed by atoms with E-state index in [2.05, 4.69) is 59.8 Å². The summed E-state index contributed by atoms with van der Waals surface area (Å²) in [5.74, 6) is 6.04. The molecule has 158 valence electrons. The van der Waals surface area contributed by atoms with Crippen LogP contribution in [0.1, 0.15) is 99.3 Å². The van der Waals surface area contributed by atoms with Crippen molar-refractivity contribution in [3.05, 3.63) is 23.8 Å². The van der Waals surface area contributed by atoms with Crippen LogP contribution in [-0.4, -0.2) is 0 Å². The molecule has 0 aliphatic heterocycles. The fourth-order valence-electron chi connectivity index (χ4n) is 8.31. The van der Waals surface area contributed by atoms with E-state index in [0.717, 1.165) is 35.5 Å². The highest BCUT2D eigenvalue weighted by atomic mass is 14.6. The van der Waals surface area contributed by atoms with Gasteiger partial charge in [-0.05, 0) is 104 Å². The molecular weight excluding hydrogens is 336 g/mol. The number of hydrogen-bond donors (Lipinski definition) is 0. The first kappa shape index (κ1) is 20.7. The zero-order chi connectivity index (χ0) is 20.1. The zero-order valence-corrected chi connectivity index (χ0v) is 19.6. The summed E-state index contributed by atoms with van der Waals surface area (Å²) in [6.45, 7) is 15.0. The fraction of sp³-hybridized carbons (Fsp3) is 0.857. The van der Waals surface area contributed by atoms with Gasteiger partial charge in [0.15, 0.2) is 0 Å². The van der Waals surface area contributed by atoms with E-state index in [0.29, 0.717) is 16.7 Å². The summed E-state index contributed by atoms with van der Waals surface area (Å²) in [6.07, 6.45) is 21.0. The Bertz CT molecular complexity index is 624. The van der Waals surface area contributed by atoms with E-state index in [1.165, 1.54) is 57.8 Å². The van der Waals surface area contributed by atoms with Crippen LogP contribution in [-0.2, 0) is 0 Å². The van der Waals surface area contributed by atoms with Crippen LogP contribution in [0.25, 0.3) is 0 Å². The normalized spacial score (nSPS) is 45.3. The summed E-state index contributed by atoms with van der Waals surface area (Å²) in [4.78, 5) is 0. The van der Waals surface area contributed by atoms with Gasteiger partial charge in [0, 0.05) is 0 Å². The van der Waals surface area contributed by atoms with Crippen molar-refractivity contribution in [3.8, 4) is 0 Å². The molecule has 4 aliphatic rings. The Balaban J connectivity index is 1.53. The highest BCUT2D eigenvalue weighted by Gasteiger charge is 2.58. The first-order chi connectivity index (χ1) is 13.3. The summed E-state index contributed by atoms with van der Waals surface area (Å²) >= 11 is 0. The van der Waals surface area contributed by atoms with Gasteiger partial charge in [-0.1, -0.05) is 71.8 Å². The van der Waals surface area contributed by atoms with Gasteiger partial charge in [-0.2, -0.15) is 0 Å². The van der Waals surface area contributed by atoms with Crippen LogP contribution in [0.15, 0.2) is 23.8 Å². The number of rotatable bonds is 4. The quantitative estimate of drug-likeness (QED) is 0.428. The Morgan fingerprint density at radius 2 is 1.71 bits per heavy atom. The van der Waals surface area contributed by atoms with Crippen LogP contribution in [0.3, 0.4) is 0 Å². The lowest BCUT2D eigenvalue weighted by atomic mass is 9.47. The van der Waals surface area contributed by atoms with Gasteiger partial charge in [0.25, 0.3) is 0 Å². The Kier molecular flexibility index (Phi) is 5.65. The molecule has 0 radical (unpaired) electrons. The van der Waals surface area contributed by atoms with E-state index in [4.69, 9.17) is 0 Å². The van der Waals surface area contributed by atoms with Crippen molar-refractivity contribution in [2.45, 2.75) is 99.3 Å². The molecule has 0 aromatic carbocycles. The maximum absolute atomic E-state index is 2.73. The molecular formula is C28H46. The molecule has 0 heterocycles. The van der Waals surface area contributed by atoms with Crippen LogP contribution in [0.5, 0.6) is 0 Å². The lowest BCUT2D eigenvalue weighted by molar-refractivity contribution is -0.0462. The van der Waals surface area contributed by atoms with Gasteiger partial charge < -0.3 is 0 Å². The fourth-order valence-corrected chi connectivity index (χ4v) is 8.31. The molecule has 0 spiro atoms. The third-order valence-corrected chi connectivity index (χ3v) is 10.5. The molecule has 4 aliphatic carbocycles. The lowest BCUT2D eigenvalue weighted by Crippen LogP contribution is -2.49. The topological polar surface area (TPSA) is 0 Å². The van der Waals surface area contributed by atoms with Crippen LogP contribution in [0.2, 0.25) is 0 Å². The first-order valence-corrected chi connectivity index (χ1v) is 12.6. The maximum Gasteiger partial charge on any atom is -0.00853 e. The summed E-state index contributed by atoms with van der Waals surface area (Å²) < 4.78 is 0. The van der Waals surface area contributed by atoms with E-state index in [-0.39, 0.29) is 0 Å². The standard InChI is InChI=1S/C28H46/c1-19(2)20(3)10-11-21(4)24-14-15-25-23-13-12-22-9-7-8-17-27(22,5)26(23)16-18-28(24,25)6/h10-12,19-21,23-26H,7-9,13-18H2,1-6H3/t20-,21+,23-,24+,25-,26-,27-,28+/m0/s1.